The molecular formula is C17H22Cl2F2N2O4S. The molecule has 6 nitrogen and oxygen atoms in total. The monoisotopic (exact) mass is 458 g/mol. The van der Waals surface area contributed by atoms with Gasteiger partial charge in [-0.3, -0.25) is 4.79 Å². The van der Waals surface area contributed by atoms with Crippen molar-refractivity contribution in [2.24, 2.45) is 5.92 Å². The van der Waals surface area contributed by atoms with Gasteiger partial charge < -0.3 is 9.64 Å². The van der Waals surface area contributed by atoms with Crippen LogP contribution in [0.25, 0.3) is 0 Å². The Labute approximate surface area is 173 Å². The molecule has 1 aliphatic heterocycles. The van der Waals surface area contributed by atoms with Crippen molar-refractivity contribution in [1.82, 2.24) is 9.21 Å². The van der Waals surface area contributed by atoms with Crippen molar-refractivity contribution in [2.45, 2.75) is 24.2 Å². The van der Waals surface area contributed by atoms with Crippen LogP contribution in [0.5, 0.6) is 0 Å². The second-order valence-electron chi connectivity index (χ2n) is 6.42. The molecule has 1 aliphatic rings. The van der Waals surface area contributed by atoms with Gasteiger partial charge in [-0.2, -0.15) is 4.31 Å². The maximum atomic E-state index is 12.8. The largest absolute Gasteiger partial charge is 0.383 e. The Balaban J connectivity index is 2.06. The van der Waals surface area contributed by atoms with E-state index in [0.717, 1.165) is 4.90 Å². The van der Waals surface area contributed by atoms with Gasteiger partial charge in [0.15, 0.2) is 0 Å². The number of sulfonamides is 1. The SMILES string of the molecule is COCCN(CC(F)F)C(=O)C1CCN(S(=O)(=O)c2cc(Cl)ccc2Cl)CC1. The number of ether oxygens (including phenoxy) is 1. The summed E-state index contributed by atoms with van der Waals surface area (Å²) in [4.78, 5) is 13.6. The van der Waals surface area contributed by atoms with Crippen molar-refractivity contribution in [1.29, 1.82) is 0 Å². The second kappa shape index (κ2) is 10.2. The van der Waals surface area contributed by atoms with Crippen LogP contribution in [0.15, 0.2) is 23.1 Å². The van der Waals surface area contributed by atoms with Crippen LogP contribution in [0.2, 0.25) is 10.0 Å². The average molecular weight is 459 g/mol. The number of hydrogen-bond acceptors (Lipinski definition) is 4. The van der Waals surface area contributed by atoms with E-state index in [2.05, 4.69) is 0 Å². The molecule has 1 fully saturated rings. The Morgan fingerprint density at radius 2 is 1.96 bits per heavy atom. The molecule has 0 radical (unpaired) electrons. The van der Waals surface area contributed by atoms with E-state index in [9.17, 15) is 22.0 Å². The zero-order valence-corrected chi connectivity index (χ0v) is 17.6. The lowest BCUT2D eigenvalue weighted by molar-refractivity contribution is -0.139. The first-order valence-corrected chi connectivity index (χ1v) is 10.9. The summed E-state index contributed by atoms with van der Waals surface area (Å²) < 4.78 is 57.3. The quantitative estimate of drug-likeness (QED) is 0.599. The highest BCUT2D eigenvalue weighted by Crippen LogP contribution is 2.30. The van der Waals surface area contributed by atoms with Gasteiger partial charge in [-0.25, -0.2) is 17.2 Å². The van der Waals surface area contributed by atoms with E-state index in [4.69, 9.17) is 27.9 Å². The molecule has 1 aromatic carbocycles. The molecular weight excluding hydrogens is 437 g/mol. The number of alkyl halides is 2. The van der Waals surface area contributed by atoms with Crippen LogP contribution >= 0.6 is 23.2 Å². The molecule has 0 saturated carbocycles. The minimum Gasteiger partial charge on any atom is -0.383 e. The summed E-state index contributed by atoms with van der Waals surface area (Å²) in [6.07, 6.45) is -2.17. The summed E-state index contributed by atoms with van der Waals surface area (Å²) >= 11 is 11.9. The highest BCUT2D eigenvalue weighted by molar-refractivity contribution is 7.89. The fourth-order valence-corrected chi connectivity index (χ4v) is 5.28. The molecule has 11 heteroatoms. The topological polar surface area (TPSA) is 66.9 Å². The second-order valence-corrected chi connectivity index (χ2v) is 9.17. The maximum Gasteiger partial charge on any atom is 0.255 e. The predicted molar refractivity (Wildman–Crippen MR) is 102 cm³/mol. The van der Waals surface area contributed by atoms with E-state index in [1.54, 1.807) is 0 Å². The number of carbonyl (C=O) groups is 1. The summed E-state index contributed by atoms with van der Waals surface area (Å²) in [7, 11) is -2.44. The third-order valence-electron chi connectivity index (χ3n) is 4.55. The number of amides is 1. The van der Waals surface area contributed by atoms with Crippen LogP contribution in [0.3, 0.4) is 0 Å². The highest BCUT2D eigenvalue weighted by atomic mass is 35.5. The number of carbonyl (C=O) groups excluding carboxylic acids is 1. The molecule has 158 valence electrons. The van der Waals surface area contributed by atoms with Gasteiger partial charge in [0.25, 0.3) is 6.43 Å². The molecule has 0 spiro atoms. The van der Waals surface area contributed by atoms with Crippen molar-refractivity contribution in [3.63, 3.8) is 0 Å². The van der Waals surface area contributed by atoms with Crippen molar-refractivity contribution >= 4 is 39.1 Å². The molecule has 0 bridgehead atoms. The summed E-state index contributed by atoms with van der Waals surface area (Å²) in [6, 6.07) is 4.18. The number of hydrogen-bond donors (Lipinski definition) is 0. The molecule has 28 heavy (non-hydrogen) atoms. The van der Waals surface area contributed by atoms with E-state index < -0.39 is 34.8 Å². The van der Waals surface area contributed by atoms with Gasteiger partial charge in [-0.05, 0) is 31.0 Å². The number of benzene rings is 1. The molecule has 0 aromatic heterocycles. The van der Waals surface area contributed by atoms with E-state index in [1.807, 2.05) is 0 Å². The van der Waals surface area contributed by atoms with Crippen molar-refractivity contribution < 1.29 is 26.7 Å². The normalized spacial score (nSPS) is 16.5. The van der Waals surface area contributed by atoms with Crippen LogP contribution in [-0.2, 0) is 19.6 Å². The van der Waals surface area contributed by atoms with Gasteiger partial charge >= 0.3 is 0 Å². The first-order valence-electron chi connectivity index (χ1n) is 8.68. The Kier molecular flexibility index (Phi) is 8.44. The Bertz CT molecular complexity index is 787. The van der Waals surface area contributed by atoms with Crippen LogP contribution < -0.4 is 0 Å². The van der Waals surface area contributed by atoms with E-state index in [-0.39, 0.29) is 54.0 Å². The van der Waals surface area contributed by atoms with Gasteiger partial charge in [0, 0.05) is 37.7 Å². The third-order valence-corrected chi connectivity index (χ3v) is 7.16. The highest BCUT2D eigenvalue weighted by Gasteiger charge is 2.35. The van der Waals surface area contributed by atoms with Gasteiger partial charge in [0.1, 0.15) is 4.90 Å². The first-order chi connectivity index (χ1) is 13.2. The predicted octanol–water partition coefficient (Wildman–Crippen LogP) is 3.13. The molecule has 1 aromatic rings. The summed E-state index contributed by atoms with van der Waals surface area (Å²) in [5.74, 6) is -0.924. The number of halogens is 4. The molecule has 0 N–H and O–H groups in total. The zero-order valence-electron chi connectivity index (χ0n) is 15.3. The van der Waals surface area contributed by atoms with Crippen molar-refractivity contribution in [3.8, 4) is 0 Å². The Morgan fingerprint density at radius 1 is 1.32 bits per heavy atom. The molecule has 1 saturated heterocycles. The zero-order chi connectivity index (χ0) is 20.9. The maximum absolute atomic E-state index is 12.8. The first kappa shape index (κ1) is 23.3. The summed E-state index contributed by atoms with van der Waals surface area (Å²) in [5.41, 5.74) is 0. The lowest BCUT2D eigenvalue weighted by Crippen LogP contribution is -2.46. The van der Waals surface area contributed by atoms with Crippen LogP contribution in [0.1, 0.15) is 12.8 Å². The van der Waals surface area contributed by atoms with Gasteiger partial charge in [0.05, 0.1) is 18.2 Å². The minimum atomic E-state index is -3.87. The molecule has 0 atom stereocenters. The van der Waals surface area contributed by atoms with Gasteiger partial charge in [-0.15, -0.1) is 0 Å². The fraction of sp³-hybridized carbons (Fsp3) is 0.588. The number of rotatable bonds is 8. The van der Waals surface area contributed by atoms with Crippen molar-refractivity contribution in [2.75, 3.05) is 39.9 Å². The Hall–Kier alpha value is -1.000. The third kappa shape index (κ3) is 5.76. The molecule has 1 amide bonds. The molecule has 1 heterocycles. The van der Waals surface area contributed by atoms with Crippen LogP contribution in [0.4, 0.5) is 8.78 Å². The lowest BCUT2D eigenvalue weighted by atomic mass is 9.96. The molecule has 0 aliphatic carbocycles. The van der Waals surface area contributed by atoms with Gasteiger partial charge in [0.2, 0.25) is 15.9 Å². The lowest BCUT2D eigenvalue weighted by Gasteiger charge is -2.33. The summed E-state index contributed by atoms with van der Waals surface area (Å²) in [5, 5.41) is 0.305. The van der Waals surface area contributed by atoms with E-state index >= 15 is 0 Å². The Morgan fingerprint density at radius 3 is 2.54 bits per heavy atom. The van der Waals surface area contributed by atoms with E-state index in [0.29, 0.717) is 0 Å². The average Bonchev–Trinajstić information content (AvgIpc) is 2.66. The standard InChI is InChI=1S/C17H22Cl2F2N2O4S/c1-27-9-8-22(11-16(20)21)17(24)12-4-6-23(7-5-12)28(25,26)15-10-13(18)2-3-14(15)19/h2-3,10,12,16H,4-9,11H2,1H3. The van der Waals surface area contributed by atoms with E-state index in [1.165, 1.54) is 29.6 Å². The minimum absolute atomic E-state index is 0.0604. The molecule has 2 rings (SSSR count). The smallest absolute Gasteiger partial charge is 0.255 e. The number of nitrogens with zero attached hydrogens (tertiary/aromatic N) is 2. The molecule has 0 unspecified atom stereocenters. The summed E-state index contributed by atoms with van der Waals surface area (Å²) in [6.45, 7) is -0.267. The van der Waals surface area contributed by atoms with Crippen LogP contribution in [0, 0.1) is 5.92 Å². The number of piperidine rings is 1. The van der Waals surface area contributed by atoms with Crippen molar-refractivity contribution in [3.05, 3.63) is 28.2 Å². The van der Waals surface area contributed by atoms with Crippen LogP contribution in [-0.4, -0.2) is 69.9 Å². The number of methoxy groups -OCH3 is 1. The van der Waals surface area contributed by atoms with Gasteiger partial charge in [-0.1, -0.05) is 23.2 Å². The fourth-order valence-electron chi connectivity index (χ4n) is 3.07.